The Bertz CT molecular complexity index is 545. The van der Waals surface area contributed by atoms with Gasteiger partial charge in [0.25, 0.3) is 0 Å². The Hall–Kier alpha value is -1.33. The first-order valence-electron chi connectivity index (χ1n) is 8.84. The zero-order valence-electron chi connectivity index (χ0n) is 13.9. The van der Waals surface area contributed by atoms with Gasteiger partial charge in [-0.05, 0) is 50.7 Å². The number of furan rings is 1. The van der Waals surface area contributed by atoms with Crippen molar-refractivity contribution in [1.82, 2.24) is 9.80 Å². The van der Waals surface area contributed by atoms with Crippen LogP contribution in [0.1, 0.15) is 38.4 Å². The Morgan fingerprint density at radius 1 is 1.30 bits per heavy atom. The van der Waals surface area contributed by atoms with Crippen LogP contribution in [0, 0.1) is 5.92 Å². The van der Waals surface area contributed by atoms with Crippen LogP contribution in [0.5, 0.6) is 0 Å². The van der Waals surface area contributed by atoms with Crippen molar-refractivity contribution in [2.75, 3.05) is 26.2 Å². The smallest absolute Gasteiger partial charge is 0.248 e. The topological polar surface area (TPSA) is 45.9 Å². The molecule has 3 fully saturated rings. The minimum absolute atomic E-state index is 0.150. The average molecular weight is 318 g/mol. The Balaban J connectivity index is 1.39. The van der Waals surface area contributed by atoms with Crippen LogP contribution in [-0.2, 0) is 16.1 Å². The summed E-state index contributed by atoms with van der Waals surface area (Å²) in [6, 6.07) is 4.16. The monoisotopic (exact) mass is 318 g/mol. The molecule has 1 aromatic rings. The van der Waals surface area contributed by atoms with Crippen LogP contribution in [0.2, 0.25) is 0 Å². The molecular formula is C18H26N2O3. The zero-order valence-corrected chi connectivity index (χ0v) is 13.9. The fourth-order valence-electron chi connectivity index (χ4n) is 4.02. The second-order valence-electron chi connectivity index (χ2n) is 7.37. The Morgan fingerprint density at radius 3 is 2.74 bits per heavy atom. The van der Waals surface area contributed by atoms with E-state index in [9.17, 15) is 4.79 Å². The molecule has 0 radical (unpaired) electrons. The maximum Gasteiger partial charge on any atom is 0.248 e. The number of hydrogen-bond donors (Lipinski definition) is 0. The van der Waals surface area contributed by atoms with Crippen molar-refractivity contribution < 1.29 is 13.9 Å². The number of nitrogens with zero attached hydrogens (tertiary/aromatic N) is 2. The van der Waals surface area contributed by atoms with Crippen molar-refractivity contribution in [3.8, 4) is 0 Å². The van der Waals surface area contributed by atoms with Gasteiger partial charge in [-0.15, -0.1) is 0 Å². The van der Waals surface area contributed by atoms with Crippen LogP contribution in [0.4, 0.5) is 0 Å². The van der Waals surface area contributed by atoms with E-state index < -0.39 is 0 Å². The third kappa shape index (κ3) is 3.04. The highest BCUT2D eigenvalue weighted by Crippen LogP contribution is 2.38. The van der Waals surface area contributed by atoms with E-state index in [-0.39, 0.29) is 24.2 Å². The molecule has 1 aliphatic carbocycles. The fraction of sp³-hybridized carbons (Fsp3) is 0.722. The van der Waals surface area contributed by atoms with Crippen LogP contribution in [0.25, 0.3) is 0 Å². The SMILES string of the molecule is C[C@H]1N(CC2CC2)C(=O)COC12CCN(Cc1ccco1)CC2. The van der Waals surface area contributed by atoms with Gasteiger partial charge in [0, 0.05) is 19.6 Å². The first-order chi connectivity index (χ1) is 11.2. The summed E-state index contributed by atoms with van der Waals surface area (Å²) in [7, 11) is 0. The van der Waals surface area contributed by atoms with E-state index in [1.165, 1.54) is 12.8 Å². The summed E-state index contributed by atoms with van der Waals surface area (Å²) in [6.45, 7) is 6.23. The first-order valence-corrected chi connectivity index (χ1v) is 8.84. The molecule has 4 rings (SSSR count). The number of ether oxygens (including phenoxy) is 1. The van der Waals surface area contributed by atoms with Gasteiger partial charge in [0.2, 0.25) is 5.91 Å². The summed E-state index contributed by atoms with van der Waals surface area (Å²) < 4.78 is 11.6. The molecule has 0 bridgehead atoms. The Kier molecular flexibility index (Phi) is 3.93. The molecule has 3 aliphatic rings. The van der Waals surface area contributed by atoms with E-state index in [1.807, 2.05) is 12.1 Å². The van der Waals surface area contributed by atoms with E-state index in [1.54, 1.807) is 6.26 Å². The van der Waals surface area contributed by atoms with Gasteiger partial charge in [0.1, 0.15) is 12.4 Å². The quantitative estimate of drug-likeness (QED) is 0.854. The predicted octanol–water partition coefficient (Wildman–Crippen LogP) is 2.27. The third-order valence-corrected chi connectivity index (χ3v) is 5.85. The molecule has 1 saturated carbocycles. The number of carbonyl (C=O) groups is 1. The molecule has 1 aromatic heterocycles. The number of piperidine rings is 1. The highest BCUT2D eigenvalue weighted by molar-refractivity contribution is 5.78. The molecule has 5 nitrogen and oxygen atoms in total. The van der Waals surface area contributed by atoms with Crippen LogP contribution in [-0.4, -0.2) is 53.6 Å². The molecule has 1 spiro atoms. The number of carbonyl (C=O) groups excluding carboxylic acids is 1. The van der Waals surface area contributed by atoms with E-state index in [4.69, 9.17) is 9.15 Å². The summed E-state index contributed by atoms with van der Waals surface area (Å²) in [5, 5.41) is 0. The van der Waals surface area contributed by atoms with Crippen molar-refractivity contribution in [2.24, 2.45) is 5.92 Å². The van der Waals surface area contributed by atoms with Crippen LogP contribution < -0.4 is 0 Å². The Labute approximate surface area is 137 Å². The molecule has 1 atom stereocenters. The molecule has 3 heterocycles. The van der Waals surface area contributed by atoms with Crippen molar-refractivity contribution >= 4 is 5.91 Å². The summed E-state index contributed by atoms with van der Waals surface area (Å²) in [4.78, 5) is 16.8. The first kappa shape index (κ1) is 15.2. The molecular weight excluding hydrogens is 292 g/mol. The van der Waals surface area contributed by atoms with Gasteiger partial charge < -0.3 is 14.1 Å². The number of rotatable bonds is 4. The third-order valence-electron chi connectivity index (χ3n) is 5.85. The van der Waals surface area contributed by atoms with Crippen molar-refractivity contribution in [2.45, 2.75) is 50.8 Å². The molecule has 5 heteroatoms. The fourth-order valence-corrected chi connectivity index (χ4v) is 4.02. The molecule has 0 aromatic carbocycles. The van der Waals surface area contributed by atoms with Gasteiger partial charge in [0.15, 0.2) is 0 Å². The van der Waals surface area contributed by atoms with Gasteiger partial charge >= 0.3 is 0 Å². The van der Waals surface area contributed by atoms with Crippen molar-refractivity contribution in [3.63, 3.8) is 0 Å². The number of morpholine rings is 1. The zero-order chi connectivity index (χ0) is 15.9. The normalized spacial score (nSPS) is 28.5. The number of hydrogen-bond acceptors (Lipinski definition) is 4. The van der Waals surface area contributed by atoms with Crippen LogP contribution in [0.15, 0.2) is 22.8 Å². The van der Waals surface area contributed by atoms with Gasteiger partial charge in [-0.2, -0.15) is 0 Å². The standard InChI is InChI=1S/C18H26N2O3/c1-14-18(23-13-17(21)20(14)11-15-4-5-15)6-8-19(9-7-18)12-16-3-2-10-22-16/h2-3,10,14-15H,4-9,11-13H2,1H3/t14-/m1/s1. The predicted molar refractivity (Wildman–Crippen MR) is 85.8 cm³/mol. The van der Waals surface area contributed by atoms with E-state index >= 15 is 0 Å². The lowest BCUT2D eigenvalue weighted by Gasteiger charge is -2.51. The van der Waals surface area contributed by atoms with E-state index in [2.05, 4.69) is 16.7 Å². The second-order valence-corrected chi connectivity index (χ2v) is 7.37. The lowest BCUT2D eigenvalue weighted by Crippen LogP contribution is -2.64. The van der Waals surface area contributed by atoms with E-state index in [0.717, 1.165) is 50.7 Å². The van der Waals surface area contributed by atoms with Crippen LogP contribution >= 0.6 is 0 Å². The molecule has 1 amide bonds. The second kappa shape index (κ2) is 5.95. The summed E-state index contributed by atoms with van der Waals surface area (Å²) in [5.41, 5.74) is -0.150. The molecule has 0 N–H and O–H groups in total. The molecule has 0 unspecified atom stereocenters. The lowest BCUT2D eigenvalue weighted by atomic mass is 9.82. The van der Waals surface area contributed by atoms with Crippen molar-refractivity contribution in [3.05, 3.63) is 24.2 Å². The number of likely N-dealkylation sites (tertiary alicyclic amines) is 1. The minimum Gasteiger partial charge on any atom is -0.468 e. The van der Waals surface area contributed by atoms with E-state index in [0.29, 0.717) is 0 Å². The van der Waals surface area contributed by atoms with Crippen molar-refractivity contribution in [1.29, 1.82) is 0 Å². The molecule has 126 valence electrons. The average Bonchev–Trinajstić information content (AvgIpc) is 3.24. The van der Waals surface area contributed by atoms with Crippen LogP contribution in [0.3, 0.4) is 0 Å². The largest absolute Gasteiger partial charge is 0.468 e. The highest BCUT2D eigenvalue weighted by atomic mass is 16.5. The molecule has 2 aliphatic heterocycles. The van der Waals surface area contributed by atoms with Gasteiger partial charge in [-0.25, -0.2) is 0 Å². The summed E-state index contributed by atoms with van der Waals surface area (Å²) in [6.07, 6.45) is 6.27. The summed E-state index contributed by atoms with van der Waals surface area (Å²) >= 11 is 0. The lowest BCUT2D eigenvalue weighted by molar-refractivity contribution is -0.187. The molecule has 2 saturated heterocycles. The van der Waals surface area contributed by atoms with Gasteiger partial charge in [-0.1, -0.05) is 0 Å². The maximum absolute atomic E-state index is 12.2. The van der Waals surface area contributed by atoms with Gasteiger partial charge in [-0.3, -0.25) is 9.69 Å². The number of amides is 1. The molecule has 23 heavy (non-hydrogen) atoms. The van der Waals surface area contributed by atoms with Gasteiger partial charge in [0.05, 0.1) is 24.5 Å². The minimum atomic E-state index is -0.150. The maximum atomic E-state index is 12.2. The Morgan fingerprint density at radius 2 is 2.09 bits per heavy atom. The summed E-state index contributed by atoms with van der Waals surface area (Å²) in [5.74, 6) is 1.92. The highest BCUT2D eigenvalue weighted by Gasteiger charge is 2.48.